The number of benzene rings is 2. The zero-order valence-corrected chi connectivity index (χ0v) is 16.6. The van der Waals surface area contributed by atoms with Gasteiger partial charge in [0.1, 0.15) is 6.54 Å². The number of hydrogen-bond donors (Lipinski definition) is 0. The van der Waals surface area contributed by atoms with Gasteiger partial charge in [-0.05, 0) is 37.3 Å². The predicted molar refractivity (Wildman–Crippen MR) is 107 cm³/mol. The standard InChI is InChI=1S/C19H13Cl2N5O3/c1-11-17(23-26(22-11)13-5-3-2-4-6-13)18-24-25(19(28)29-18)10-16(27)14-8-7-12(20)9-15(14)21/h2-9H,10H2,1H3. The number of carbonyl (C=O) groups is 1. The Morgan fingerprint density at radius 2 is 1.83 bits per heavy atom. The van der Waals surface area contributed by atoms with Gasteiger partial charge in [0.25, 0.3) is 5.89 Å². The number of ketones is 1. The summed E-state index contributed by atoms with van der Waals surface area (Å²) in [5, 5.41) is 13.4. The first kappa shape index (κ1) is 19.1. The largest absolute Gasteiger partial charge is 0.437 e. The fraction of sp³-hybridized carbons (Fsp3) is 0.105. The normalized spacial score (nSPS) is 11.0. The minimum atomic E-state index is -0.785. The highest BCUT2D eigenvalue weighted by Crippen LogP contribution is 2.22. The molecule has 0 bridgehead atoms. The van der Waals surface area contributed by atoms with Crippen molar-refractivity contribution in [3.8, 4) is 17.3 Å². The van der Waals surface area contributed by atoms with Crippen LogP contribution in [0.4, 0.5) is 0 Å². The molecule has 29 heavy (non-hydrogen) atoms. The molecule has 0 atom stereocenters. The van der Waals surface area contributed by atoms with Gasteiger partial charge in [-0.3, -0.25) is 4.79 Å². The fourth-order valence-electron chi connectivity index (χ4n) is 2.69. The molecule has 0 fully saturated rings. The highest BCUT2D eigenvalue weighted by molar-refractivity contribution is 6.36. The van der Waals surface area contributed by atoms with Gasteiger partial charge in [0.15, 0.2) is 11.5 Å². The lowest BCUT2D eigenvalue weighted by molar-refractivity contribution is 0.0965. The molecule has 4 aromatic rings. The van der Waals surface area contributed by atoms with E-state index in [-0.39, 0.29) is 23.0 Å². The molecule has 0 saturated heterocycles. The van der Waals surface area contributed by atoms with Crippen molar-refractivity contribution in [1.29, 1.82) is 0 Å². The van der Waals surface area contributed by atoms with Crippen LogP contribution in [-0.2, 0) is 6.54 Å². The van der Waals surface area contributed by atoms with Gasteiger partial charge in [-0.2, -0.15) is 14.6 Å². The van der Waals surface area contributed by atoms with Crippen LogP contribution in [0, 0.1) is 6.92 Å². The number of carbonyl (C=O) groups excluding carboxylic acids is 1. The van der Waals surface area contributed by atoms with Gasteiger partial charge >= 0.3 is 5.76 Å². The maximum atomic E-state index is 12.5. The van der Waals surface area contributed by atoms with Crippen molar-refractivity contribution in [3.63, 3.8) is 0 Å². The summed E-state index contributed by atoms with van der Waals surface area (Å²) in [4.78, 5) is 26.1. The minimum absolute atomic E-state index is 0.0234. The molecule has 146 valence electrons. The minimum Gasteiger partial charge on any atom is -0.386 e. The monoisotopic (exact) mass is 429 g/mol. The van der Waals surface area contributed by atoms with E-state index in [1.807, 2.05) is 30.3 Å². The maximum absolute atomic E-state index is 12.5. The van der Waals surface area contributed by atoms with Crippen LogP contribution in [0.25, 0.3) is 17.3 Å². The molecular weight excluding hydrogens is 417 g/mol. The highest BCUT2D eigenvalue weighted by atomic mass is 35.5. The molecule has 0 amide bonds. The van der Waals surface area contributed by atoms with Crippen LogP contribution in [0.5, 0.6) is 0 Å². The molecule has 0 spiro atoms. The molecule has 2 heterocycles. The van der Waals surface area contributed by atoms with E-state index in [0.29, 0.717) is 16.4 Å². The van der Waals surface area contributed by atoms with Crippen LogP contribution in [0.2, 0.25) is 10.0 Å². The van der Waals surface area contributed by atoms with Gasteiger partial charge in [-0.25, -0.2) is 4.79 Å². The second kappa shape index (κ2) is 7.65. The Bertz CT molecular complexity index is 1260. The van der Waals surface area contributed by atoms with Gasteiger partial charge in [0.2, 0.25) is 0 Å². The summed E-state index contributed by atoms with van der Waals surface area (Å²) in [5.74, 6) is -1.21. The molecule has 0 N–H and O–H groups in total. The molecule has 0 aliphatic heterocycles. The van der Waals surface area contributed by atoms with Gasteiger partial charge in [0.05, 0.1) is 16.4 Å². The predicted octanol–water partition coefficient (Wildman–Crippen LogP) is 3.58. The topological polar surface area (TPSA) is 95.8 Å². The molecule has 0 saturated carbocycles. The lowest BCUT2D eigenvalue weighted by atomic mass is 10.1. The zero-order chi connectivity index (χ0) is 20.5. The van der Waals surface area contributed by atoms with Crippen molar-refractivity contribution >= 4 is 29.0 Å². The number of Topliss-reactive ketones (excluding diaryl/α,β-unsaturated/α-hetero) is 1. The quantitative estimate of drug-likeness (QED) is 0.449. The Balaban J connectivity index is 1.63. The van der Waals surface area contributed by atoms with E-state index < -0.39 is 11.5 Å². The lowest BCUT2D eigenvalue weighted by Crippen LogP contribution is -2.21. The third-order valence-corrected chi connectivity index (χ3v) is 4.65. The van der Waals surface area contributed by atoms with E-state index in [0.717, 1.165) is 10.4 Å². The first-order chi connectivity index (χ1) is 13.9. The van der Waals surface area contributed by atoms with E-state index in [2.05, 4.69) is 15.3 Å². The van der Waals surface area contributed by atoms with Gasteiger partial charge in [-0.1, -0.05) is 41.4 Å². The summed E-state index contributed by atoms with van der Waals surface area (Å²) in [6, 6.07) is 13.8. The number of halogens is 2. The van der Waals surface area contributed by atoms with Gasteiger partial charge < -0.3 is 4.42 Å². The average molecular weight is 430 g/mol. The molecule has 0 unspecified atom stereocenters. The fourth-order valence-corrected chi connectivity index (χ4v) is 3.21. The molecule has 10 heteroatoms. The number of para-hydroxylation sites is 1. The highest BCUT2D eigenvalue weighted by Gasteiger charge is 2.20. The third kappa shape index (κ3) is 3.85. The smallest absolute Gasteiger partial charge is 0.386 e. The van der Waals surface area contributed by atoms with Gasteiger partial charge in [0, 0.05) is 10.6 Å². The van der Waals surface area contributed by atoms with Crippen LogP contribution >= 0.6 is 23.2 Å². The van der Waals surface area contributed by atoms with Crippen molar-refractivity contribution < 1.29 is 9.21 Å². The van der Waals surface area contributed by atoms with Crippen LogP contribution in [0.3, 0.4) is 0 Å². The Kier molecular flexibility index (Phi) is 5.04. The van der Waals surface area contributed by atoms with Crippen molar-refractivity contribution in [2.45, 2.75) is 13.5 Å². The molecule has 8 nitrogen and oxygen atoms in total. The Morgan fingerprint density at radius 3 is 2.55 bits per heavy atom. The molecule has 0 aliphatic rings. The number of aromatic nitrogens is 5. The molecule has 0 aliphatic carbocycles. The van der Waals surface area contributed by atoms with E-state index in [4.69, 9.17) is 27.6 Å². The first-order valence-electron chi connectivity index (χ1n) is 8.48. The Hall–Kier alpha value is -3.23. The van der Waals surface area contributed by atoms with E-state index in [1.165, 1.54) is 16.9 Å². The summed E-state index contributed by atoms with van der Waals surface area (Å²) in [6.07, 6.45) is 0. The number of aryl methyl sites for hydroxylation is 1. The average Bonchev–Trinajstić information content (AvgIpc) is 3.25. The van der Waals surface area contributed by atoms with E-state index in [9.17, 15) is 9.59 Å². The van der Waals surface area contributed by atoms with E-state index in [1.54, 1.807) is 13.0 Å². The molecule has 0 radical (unpaired) electrons. The molecular formula is C19H13Cl2N5O3. The van der Waals surface area contributed by atoms with Crippen LogP contribution < -0.4 is 5.76 Å². The summed E-state index contributed by atoms with van der Waals surface area (Å²) < 4.78 is 6.11. The van der Waals surface area contributed by atoms with Crippen molar-refractivity contribution in [2.75, 3.05) is 0 Å². The second-order valence-electron chi connectivity index (χ2n) is 6.14. The summed E-state index contributed by atoms with van der Waals surface area (Å²) in [5.41, 5.74) is 1.81. The molecule has 2 aromatic heterocycles. The Morgan fingerprint density at radius 1 is 1.07 bits per heavy atom. The zero-order valence-electron chi connectivity index (χ0n) is 15.0. The second-order valence-corrected chi connectivity index (χ2v) is 6.98. The van der Waals surface area contributed by atoms with Crippen LogP contribution in [0.1, 0.15) is 16.1 Å². The van der Waals surface area contributed by atoms with Gasteiger partial charge in [-0.15, -0.1) is 10.2 Å². The van der Waals surface area contributed by atoms with Crippen LogP contribution in [-0.4, -0.2) is 30.6 Å². The third-order valence-electron chi connectivity index (χ3n) is 4.10. The SMILES string of the molecule is Cc1nn(-c2ccccc2)nc1-c1nn(CC(=O)c2ccc(Cl)cc2Cl)c(=O)o1. The molecule has 2 aromatic carbocycles. The lowest BCUT2D eigenvalue weighted by Gasteiger charge is -2.03. The van der Waals surface area contributed by atoms with Crippen molar-refractivity contribution in [3.05, 3.63) is 80.4 Å². The molecule has 4 rings (SSSR count). The number of rotatable bonds is 5. The number of nitrogens with zero attached hydrogens (tertiary/aromatic N) is 5. The summed E-state index contributed by atoms with van der Waals surface area (Å²) in [7, 11) is 0. The number of hydrogen-bond acceptors (Lipinski definition) is 6. The Labute approximate surface area is 174 Å². The van der Waals surface area contributed by atoms with Crippen molar-refractivity contribution in [1.82, 2.24) is 24.8 Å². The van der Waals surface area contributed by atoms with E-state index >= 15 is 0 Å². The van der Waals surface area contributed by atoms with Crippen molar-refractivity contribution in [2.24, 2.45) is 0 Å². The van der Waals surface area contributed by atoms with Crippen LogP contribution in [0.15, 0.2) is 57.7 Å². The summed E-state index contributed by atoms with van der Waals surface area (Å²) >= 11 is 11.9. The summed E-state index contributed by atoms with van der Waals surface area (Å²) in [6.45, 7) is 1.38. The first-order valence-corrected chi connectivity index (χ1v) is 9.24. The maximum Gasteiger partial charge on any atom is 0.437 e.